The van der Waals surface area contributed by atoms with E-state index in [4.69, 9.17) is 9.97 Å². The van der Waals surface area contributed by atoms with Crippen LogP contribution in [0.4, 0.5) is 0 Å². The van der Waals surface area contributed by atoms with Crippen LogP contribution in [0.3, 0.4) is 0 Å². The van der Waals surface area contributed by atoms with Gasteiger partial charge in [-0.2, -0.15) is 0 Å². The van der Waals surface area contributed by atoms with E-state index in [1.54, 1.807) is 12.4 Å². The number of imidazole rings is 2. The van der Waals surface area contributed by atoms with Crippen molar-refractivity contribution in [3.05, 3.63) is 84.2 Å². The molecule has 180 valence electrons. The summed E-state index contributed by atoms with van der Waals surface area (Å²) < 4.78 is 3.89. The van der Waals surface area contributed by atoms with Crippen LogP contribution in [0.25, 0.3) is 11.6 Å². The molecule has 0 aliphatic rings. The fraction of sp³-hybridized carbons (Fsp3) is 0.407. The molecule has 0 aromatic carbocycles. The Balaban J connectivity index is 0.00000324. The van der Waals surface area contributed by atoms with Crippen LogP contribution in [0.2, 0.25) is 0 Å². The van der Waals surface area contributed by atoms with E-state index in [-0.39, 0.29) is 31.9 Å². The fourth-order valence-corrected chi connectivity index (χ4v) is 3.86. The maximum atomic E-state index is 5.01. The summed E-state index contributed by atoms with van der Waals surface area (Å²) >= 11 is 0. The topological polar surface area (TPSA) is 61.4 Å². The van der Waals surface area contributed by atoms with Crippen LogP contribution in [0.5, 0.6) is 0 Å². The minimum Gasteiger partial charge on any atom is -0.450 e. The van der Waals surface area contributed by atoms with Gasteiger partial charge < -0.3 is 19.1 Å². The van der Waals surface area contributed by atoms with Gasteiger partial charge in [0.1, 0.15) is 0 Å². The molecule has 7 heteroatoms. The molecule has 4 rings (SSSR count). The van der Waals surface area contributed by atoms with Crippen molar-refractivity contribution >= 4 is 0 Å². The molecule has 0 N–H and O–H groups in total. The van der Waals surface area contributed by atoms with Gasteiger partial charge in [-0.1, -0.05) is 78.2 Å². The smallest absolute Gasteiger partial charge is 0.450 e. The normalized spacial score (nSPS) is 12.5. The number of aromatic nitrogens is 6. The first-order valence-corrected chi connectivity index (χ1v) is 11.3. The largest absolute Gasteiger partial charge is 2.00 e. The zero-order valence-electron chi connectivity index (χ0n) is 21.1. The SMILES string of the molecule is CC(C)(C)c1nc[c-]n1-c1cccc(C(C)(C)c2cccc(-n3[c-]cnc3C(C)(C)C)n2)n1.[Pt+2]. The van der Waals surface area contributed by atoms with E-state index in [9.17, 15) is 0 Å². The summed E-state index contributed by atoms with van der Waals surface area (Å²) in [5, 5.41) is 0. The average Bonchev–Trinajstić information content (AvgIpc) is 3.43. The van der Waals surface area contributed by atoms with Gasteiger partial charge in [0.25, 0.3) is 0 Å². The van der Waals surface area contributed by atoms with Crippen molar-refractivity contribution in [2.24, 2.45) is 0 Å². The number of hydrogen-bond donors (Lipinski definition) is 0. The molecule has 0 saturated carbocycles. The third-order valence-corrected chi connectivity index (χ3v) is 5.72. The molecule has 0 spiro atoms. The summed E-state index contributed by atoms with van der Waals surface area (Å²) in [6.07, 6.45) is 9.83. The zero-order valence-corrected chi connectivity index (χ0v) is 23.4. The molecule has 0 aliphatic carbocycles. The second-order valence-electron chi connectivity index (χ2n) is 11.0. The molecule has 0 amide bonds. The van der Waals surface area contributed by atoms with Crippen molar-refractivity contribution in [3.63, 3.8) is 0 Å². The van der Waals surface area contributed by atoms with Crippen LogP contribution < -0.4 is 0 Å². The zero-order chi connectivity index (χ0) is 24.0. The summed E-state index contributed by atoms with van der Waals surface area (Å²) in [6, 6.07) is 12.2. The van der Waals surface area contributed by atoms with Gasteiger partial charge in [0, 0.05) is 40.1 Å². The summed E-state index contributed by atoms with van der Waals surface area (Å²) in [4.78, 5) is 19.1. The van der Waals surface area contributed by atoms with Gasteiger partial charge >= 0.3 is 21.1 Å². The predicted molar refractivity (Wildman–Crippen MR) is 130 cm³/mol. The van der Waals surface area contributed by atoms with E-state index in [0.29, 0.717) is 0 Å². The van der Waals surface area contributed by atoms with Gasteiger partial charge in [-0.05, 0) is 49.2 Å². The molecule has 0 unspecified atom stereocenters. The minimum atomic E-state index is -0.420. The molecule has 4 aromatic rings. The van der Waals surface area contributed by atoms with Crippen LogP contribution >= 0.6 is 0 Å². The van der Waals surface area contributed by atoms with Crippen LogP contribution in [0.15, 0.2) is 48.8 Å². The van der Waals surface area contributed by atoms with Crippen LogP contribution in [-0.4, -0.2) is 29.1 Å². The Morgan fingerprint density at radius 2 is 1.00 bits per heavy atom. The van der Waals surface area contributed by atoms with Gasteiger partial charge in [0.05, 0.1) is 0 Å². The van der Waals surface area contributed by atoms with Crippen molar-refractivity contribution in [2.45, 2.75) is 71.6 Å². The van der Waals surface area contributed by atoms with Crippen LogP contribution in [0, 0.1) is 12.4 Å². The van der Waals surface area contributed by atoms with Crippen molar-refractivity contribution in [1.29, 1.82) is 0 Å². The third kappa shape index (κ3) is 4.93. The molecule has 0 aliphatic heterocycles. The second kappa shape index (κ2) is 9.22. The Kier molecular flexibility index (Phi) is 7.06. The van der Waals surface area contributed by atoms with Crippen molar-refractivity contribution in [2.75, 3.05) is 0 Å². The summed E-state index contributed by atoms with van der Waals surface area (Å²) in [6.45, 7) is 17.1. The quantitative estimate of drug-likeness (QED) is 0.283. The van der Waals surface area contributed by atoms with Crippen molar-refractivity contribution in [1.82, 2.24) is 29.1 Å². The fourth-order valence-electron chi connectivity index (χ4n) is 3.86. The summed E-state index contributed by atoms with van der Waals surface area (Å²) in [7, 11) is 0. The van der Waals surface area contributed by atoms with E-state index in [0.717, 1.165) is 34.7 Å². The first kappa shape index (κ1) is 26.0. The molecule has 6 nitrogen and oxygen atoms in total. The van der Waals surface area contributed by atoms with Crippen LogP contribution in [0.1, 0.15) is 78.4 Å². The molecule has 0 radical (unpaired) electrons. The van der Waals surface area contributed by atoms with Crippen molar-refractivity contribution in [3.8, 4) is 11.6 Å². The van der Waals surface area contributed by atoms with E-state index in [1.807, 2.05) is 33.4 Å². The van der Waals surface area contributed by atoms with Gasteiger partial charge in [0.15, 0.2) is 0 Å². The predicted octanol–water partition coefficient (Wildman–Crippen LogP) is 5.37. The van der Waals surface area contributed by atoms with Crippen molar-refractivity contribution < 1.29 is 21.1 Å². The summed E-state index contributed by atoms with van der Waals surface area (Å²) in [5.74, 6) is 3.46. The van der Waals surface area contributed by atoms with Gasteiger partial charge in [-0.15, -0.1) is 0 Å². The average molecular weight is 636 g/mol. The number of hydrogen-bond acceptors (Lipinski definition) is 4. The van der Waals surface area contributed by atoms with Gasteiger partial charge in [0.2, 0.25) is 0 Å². The van der Waals surface area contributed by atoms with Crippen LogP contribution in [-0.2, 0) is 37.3 Å². The molecule has 0 saturated heterocycles. The van der Waals surface area contributed by atoms with Gasteiger partial charge in [-0.25, -0.2) is 0 Å². The summed E-state index contributed by atoms with van der Waals surface area (Å²) in [5.41, 5.74) is 1.20. The molecular formula is C27H32N6Pt. The van der Waals surface area contributed by atoms with E-state index < -0.39 is 5.41 Å². The Bertz CT molecular complexity index is 1170. The van der Waals surface area contributed by atoms with Gasteiger partial charge in [-0.3, -0.25) is 9.97 Å². The molecule has 4 heterocycles. The first-order chi connectivity index (χ1) is 15.4. The maximum Gasteiger partial charge on any atom is 2.00 e. The van der Waals surface area contributed by atoms with E-state index in [1.165, 1.54) is 0 Å². The Hall–Kier alpha value is -2.59. The molecule has 0 fully saturated rings. The second-order valence-corrected chi connectivity index (χ2v) is 11.0. The number of pyridine rings is 2. The standard InChI is InChI=1S/C27H32N6.Pt/c1-25(2,3)23-28-15-17-32(23)21-13-9-11-19(30-21)27(7,8)20-12-10-14-22(31-20)33-18-16-29-24(33)26(4,5)6;/h9-16H,1-8H3;/q-2;+2. The Morgan fingerprint density at radius 1 is 0.618 bits per heavy atom. The first-order valence-electron chi connectivity index (χ1n) is 11.3. The number of rotatable bonds is 4. The number of nitrogens with zero attached hydrogens (tertiary/aromatic N) is 6. The molecule has 34 heavy (non-hydrogen) atoms. The Labute approximate surface area is 217 Å². The minimum absolute atomic E-state index is 0. The van der Waals surface area contributed by atoms with E-state index >= 15 is 0 Å². The molecule has 4 aromatic heterocycles. The molecule has 0 atom stereocenters. The molecule has 0 bridgehead atoms. The van der Waals surface area contributed by atoms with E-state index in [2.05, 4.69) is 89.9 Å². The third-order valence-electron chi connectivity index (χ3n) is 5.72. The maximum absolute atomic E-state index is 5.01. The molecular weight excluding hydrogens is 603 g/mol. The Morgan fingerprint density at radius 3 is 1.35 bits per heavy atom. The monoisotopic (exact) mass is 635 g/mol.